The van der Waals surface area contributed by atoms with Gasteiger partial charge in [0.1, 0.15) is 5.75 Å². The molecule has 15 heavy (non-hydrogen) atoms. The van der Waals surface area contributed by atoms with Gasteiger partial charge in [0, 0.05) is 5.56 Å². The van der Waals surface area contributed by atoms with Crippen molar-refractivity contribution >= 4 is 0 Å². The first-order valence-electron chi connectivity index (χ1n) is 5.36. The summed E-state index contributed by atoms with van der Waals surface area (Å²) in [7, 11) is 0. The van der Waals surface area contributed by atoms with Crippen LogP contribution in [-0.4, -0.2) is 19.8 Å². The SMILES string of the molecule is CCOc1cccc(C2OCCCO2)c1. The number of ether oxygens (including phenoxy) is 3. The van der Waals surface area contributed by atoms with Gasteiger partial charge in [-0.05, 0) is 25.5 Å². The van der Waals surface area contributed by atoms with Gasteiger partial charge in [0.2, 0.25) is 0 Å². The van der Waals surface area contributed by atoms with Gasteiger partial charge in [0.05, 0.1) is 19.8 Å². The number of hydrogen-bond donors (Lipinski definition) is 0. The predicted octanol–water partition coefficient (Wildman–Crippen LogP) is 2.52. The van der Waals surface area contributed by atoms with E-state index in [2.05, 4.69) is 0 Å². The third-order valence-electron chi connectivity index (χ3n) is 2.27. The van der Waals surface area contributed by atoms with Gasteiger partial charge in [-0.15, -0.1) is 0 Å². The normalized spacial score (nSPS) is 17.7. The molecule has 0 atom stereocenters. The average molecular weight is 208 g/mol. The van der Waals surface area contributed by atoms with Crippen molar-refractivity contribution in [1.82, 2.24) is 0 Å². The molecule has 1 aliphatic heterocycles. The highest BCUT2D eigenvalue weighted by molar-refractivity contribution is 5.29. The molecule has 3 nitrogen and oxygen atoms in total. The fraction of sp³-hybridized carbons (Fsp3) is 0.500. The van der Waals surface area contributed by atoms with E-state index in [0.717, 1.165) is 30.9 Å². The number of rotatable bonds is 3. The Bertz CT molecular complexity index is 305. The van der Waals surface area contributed by atoms with Crippen molar-refractivity contribution in [2.45, 2.75) is 19.6 Å². The molecule has 0 aromatic heterocycles. The topological polar surface area (TPSA) is 27.7 Å². The molecule has 0 bridgehead atoms. The molecule has 1 aromatic carbocycles. The van der Waals surface area contributed by atoms with Crippen molar-refractivity contribution < 1.29 is 14.2 Å². The van der Waals surface area contributed by atoms with E-state index < -0.39 is 0 Å². The van der Waals surface area contributed by atoms with Crippen LogP contribution in [0.5, 0.6) is 5.75 Å². The lowest BCUT2D eigenvalue weighted by molar-refractivity contribution is -0.183. The maximum absolute atomic E-state index is 5.52. The Hall–Kier alpha value is -1.06. The van der Waals surface area contributed by atoms with Crippen LogP contribution < -0.4 is 4.74 Å². The molecule has 3 heteroatoms. The van der Waals surface area contributed by atoms with Crippen LogP contribution in [0.4, 0.5) is 0 Å². The largest absolute Gasteiger partial charge is 0.494 e. The number of hydrogen-bond acceptors (Lipinski definition) is 3. The lowest BCUT2D eigenvalue weighted by Crippen LogP contribution is -2.17. The van der Waals surface area contributed by atoms with Gasteiger partial charge in [0.15, 0.2) is 6.29 Å². The second-order valence-electron chi connectivity index (χ2n) is 3.43. The minimum absolute atomic E-state index is 0.223. The van der Waals surface area contributed by atoms with Crippen LogP contribution in [0.3, 0.4) is 0 Å². The van der Waals surface area contributed by atoms with Crippen molar-refractivity contribution in [1.29, 1.82) is 0 Å². The van der Waals surface area contributed by atoms with E-state index in [9.17, 15) is 0 Å². The smallest absolute Gasteiger partial charge is 0.183 e. The summed E-state index contributed by atoms with van der Waals surface area (Å²) in [6, 6.07) is 7.87. The zero-order chi connectivity index (χ0) is 10.5. The van der Waals surface area contributed by atoms with Gasteiger partial charge in [0.25, 0.3) is 0 Å². The highest BCUT2D eigenvalue weighted by Gasteiger charge is 2.16. The summed E-state index contributed by atoms with van der Waals surface area (Å²) in [6.45, 7) is 4.18. The molecule has 1 aliphatic rings. The Balaban J connectivity index is 2.09. The Morgan fingerprint density at radius 2 is 2.13 bits per heavy atom. The van der Waals surface area contributed by atoms with Crippen molar-refractivity contribution in [3.8, 4) is 5.75 Å². The molecule has 1 fully saturated rings. The van der Waals surface area contributed by atoms with Crippen LogP contribution in [0.15, 0.2) is 24.3 Å². The molecule has 1 aromatic rings. The van der Waals surface area contributed by atoms with E-state index in [1.54, 1.807) is 0 Å². The maximum atomic E-state index is 5.52. The molecule has 2 rings (SSSR count). The summed E-state index contributed by atoms with van der Waals surface area (Å²) in [5, 5.41) is 0. The van der Waals surface area contributed by atoms with Crippen LogP contribution in [0.2, 0.25) is 0 Å². The van der Waals surface area contributed by atoms with E-state index in [4.69, 9.17) is 14.2 Å². The van der Waals surface area contributed by atoms with Crippen molar-refractivity contribution in [3.63, 3.8) is 0 Å². The van der Waals surface area contributed by atoms with Crippen LogP contribution in [0.25, 0.3) is 0 Å². The zero-order valence-electron chi connectivity index (χ0n) is 8.94. The summed E-state index contributed by atoms with van der Waals surface area (Å²) in [5.41, 5.74) is 1.03. The van der Waals surface area contributed by atoms with E-state index in [-0.39, 0.29) is 6.29 Å². The zero-order valence-corrected chi connectivity index (χ0v) is 8.94. The van der Waals surface area contributed by atoms with Crippen LogP contribution >= 0.6 is 0 Å². The third-order valence-corrected chi connectivity index (χ3v) is 2.27. The Kier molecular flexibility index (Phi) is 3.59. The van der Waals surface area contributed by atoms with E-state index in [1.165, 1.54) is 0 Å². The highest BCUT2D eigenvalue weighted by atomic mass is 16.7. The Labute approximate surface area is 90.0 Å². The van der Waals surface area contributed by atoms with E-state index in [1.807, 2.05) is 31.2 Å². The van der Waals surface area contributed by atoms with Crippen molar-refractivity contribution in [2.75, 3.05) is 19.8 Å². The van der Waals surface area contributed by atoms with Crippen LogP contribution in [0, 0.1) is 0 Å². The van der Waals surface area contributed by atoms with E-state index >= 15 is 0 Å². The van der Waals surface area contributed by atoms with Crippen molar-refractivity contribution in [2.24, 2.45) is 0 Å². The van der Waals surface area contributed by atoms with Gasteiger partial charge >= 0.3 is 0 Å². The molecule has 1 saturated heterocycles. The van der Waals surface area contributed by atoms with Crippen LogP contribution in [0.1, 0.15) is 25.2 Å². The molecule has 0 N–H and O–H groups in total. The molecule has 0 radical (unpaired) electrons. The van der Waals surface area contributed by atoms with Gasteiger partial charge in [-0.3, -0.25) is 0 Å². The Morgan fingerprint density at radius 3 is 2.87 bits per heavy atom. The molecule has 0 unspecified atom stereocenters. The third kappa shape index (κ3) is 2.70. The van der Waals surface area contributed by atoms with Gasteiger partial charge in [-0.2, -0.15) is 0 Å². The van der Waals surface area contributed by atoms with Gasteiger partial charge in [-0.25, -0.2) is 0 Å². The van der Waals surface area contributed by atoms with Crippen LogP contribution in [-0.2, 0) is 9.47 Å². The fourth-order valence-electron chi connectivity index (χ4n) is 1.60. The molecular weight excluding hydrogens is 192 g/mol. The monoisotopic (exact) mass is 208 g/mol. The first-order valence-corrected chi connectivity index (χ1v) is 5.36. The molecular formula is C12H16O3. The van der Waals surface area contributed by atoms with Crippen molar-refractivity contribution in [3.05, 3.63) is 29.8 Å². The summed E-state index contributed by atoms with van der Waals surface area (Å²) in [5.74, 6) is 0.868. The molecule has 0 amide bonds. The van der Waals surface area contributed by atoms with Gasteiger partial charge in [-0.1, -0.05) is 12.1 Å². The first-order chi connectivity index (χ1) is 7.40. The summed E-state index contributed by atoms with van der Waals surface area (Å²) in [6.07, 6.45) is 0.751. The lowest BCUT2D eigenvalue weighted by Gasteiger charge is -2.23. The van der Waals surface area contributed by atoms with Gasteiger partial charge < -0.3 is 14.2 Å². The summed E-state index contributed by atoms with van der Waals surface area (Å²) in [4.78, 5) is 0. The molecule has 1 heterocycles. The minimum atomic E-state index is -0.223. The highest BCUT2D eigenvalue weighted by Crippen LogP contribution is 2.25. The maximum Gasteiger partial charge on any atom is 0.183 e. The number of benzene rings is 1. The molecule has 0 spiro atoms. The average Bonchev–Trinajstić information content (AvgIpc) is 2.31. The molecule has 82 valence electrons. The predicted molar refractivity (Wildman–Crippen MR) is 56.9 cm³/mol. The lowest BCUT2D eigenvalue weighted by atomic mass is 10.2. The second-order valence-corrected chi connectivity index (χ2v) is 3.43. The molecule has 0 saturated carbocycles. The van der Waals surface area contributed by atoms with E-state index in [0.29, 0.717) is 6.61 Å². The molecule has 0 aliphatic carbocycles. The summed E-state index contributed by atoms with van der Waals surface area (Å²) < 4.78 is 16.5. The first kappa shape index (κ1) is 10.5. The standard InChI is InChI=1S/C12H16O3/c1-2-13-11-6-3-5-10(9-11)12-14-7-4-8-15-12/h3,5-6,9,12H,2,4,7-8H2,1H3. The fourth-order valence-corrected chi connectivity index (χ4v) is 1.60. The summed E-state index contributed by atoms with van der Waals surface area (Å²) >= 11 is 0. The Morgan fingerprint density at radius 1 is 1.33 bits per heavy atom. The minimum Gasteiger partial charge on any atom is -0.494 e. The quantitative estimate of drug-likeness (QED) is 0.764. The second kappa shape index (κ2) is 5.14.